The Morgan fingerprint density at radius 3 is 2.61 bits per heavy atom. The van der Waals surface area contributed by atoms with Crippen LogP contribution in [0, 0.1) is 0 Å². The summed E-state index contributed by atoms with van der Waals surface area (Å²) < 4.78 is 0. The maximum atomic E-state index is 12.4. The minimum Gasteiger partial charge on any atom is -0.338 e. The number of fused-ring (bicyclic) bond motifs is 1. The molecular weight excluding hydrogens is 413 g/mol. The molecule has 140 valence electrons. The molecule has 0 saturated carbocycles. The summed E-state index contributed by atoms with van der Waals surface area (Å²) in [4.78, 5) is 21.2. The van der Waals surface area contributed by atoms with Crippen molar-refractivity contribution in [3.63, 3.8) is 0 Å². The number of aromatic nitrogens is 2. The van der Waals surface area contributed by atoms with Crippen molar-refractivity contribution in [2.24, 2.45) is 0 Å². The number of benzene rings is 3. The van der Waals surface area contributed by atoms with Crippen molar-refractivity contribution < 1.29 is 4.79 Å². The van der Waals surface area contributed by atoms with E-state index in [1.54, 1.807) is 18.2 Å². The summed E-state index contributed by atoms with van der Waals surface area (Å²) in [6.07, 6.45) is 0. The minimum absolute atomic E-state index is 0.136. The molecule has 0 aliphatic heterocycles. The molecular formula is C21H15Cl2N3OS. The predicted molar refractivity (Wildman–Crippen MR) is 117 cm³/mol. The van der Waals surface area contributed by atoms with Crippen LogP contribution >= 0.6 is 35.0 Å². The maximum absolute atomic E-state index is 12.4. The van der Waals surface area contributed by atoms with E-state index in [0.717, 1.165) is 27.3 Å². The van der Waals surface area contributed by atoms with Crippen LogP contribution in [-0.2, 0) is 4.79 Å². The zero-order valence-electron chi connectivity index (χ0n) is 14.6. The second-order valence-corrected chi connectivity index (χ2v) is 7.98. The van der Waals surface area contributed by atoms with Crippen molar-refractivity contribution in [3.8, 4) is 11.4 Å². The molecule has 0 radical (unpaired) electrons. The van der Waals surface area contributed by atoms with Gasteiger partial charge in [0.2, 0.25) is 5.91 Å². The number of carbonyl (C=O) groups excluding carboxylic acids is 1. The van der Waals surface area contributed by atoms with Crippen molar-refractivity contribution in [3.05, 3.63) is 76.8 Å². The first kappa shape index (κ1) is 18.9. The Hall–Kier alpha value is -2.47. The molecule has 4 rings (SSSR count). The molecule has 4 nitrogen and oxygen atoms in total. The van der Waals surface area contributed by atoms with Gasteiger partial charge in [-0.1, -0.05) is 35.3 Å². The van der Waals surface area contributed by atoms with Gasteiger partial charge in [0.25, 0.3) is 0 Å². The number of hydrogen-bond acceptors (Lipinski definition) is 3. The fourth-order valence-electron chi connectivity index (χ4n) is 2.72. The van der Waals surface area contributed by atoms with Gasteiger partial charge in [-0.2, -0.15) is 0 Å². The number of para-hydroxylation sites is 2. The maximum Gasteiger partial charge on any atom is 0.234 e. The lowest BCUT2D eigenvalue weighted by Gasteiger charge is -2.09. The number of H-pyrrole nitrogens is 1. The largest absolute Gasteiger partial charge is 0.338 e. The number of anilines is 1. The molecule has 0 spiro atoms. The highest BCUT2D eigenvalue weighted by atomic mass is 35.5. The fourth-order valence-corrected chi connectivity index (χ4v) is 3.71. The summed E-state index contributed by atoms with van der Waals surface area (Å²) in [5.74, 6) is 0.861. The van der Waals surface area contributed by atoms with E-state index in [-0.39, 0.29) is 11.7 Å². The number of nitrogens with one attached hydrogen (secondary N) is 2. The van der Waals surface area contributed by atoms with Crippen molar-refractivity contribution in [1.82, 2.24) is 9.97 Å². The molecule has 0 saturated heterocycles. The van der Waals surface area contributed by atoms with E-state index < -0.39 is 0 Å². The highest BCUT2D eigenvalue weighted by Gasteiger charge is 2.11. The zero-order chi connectivity index (χ0) is 19.5. The number of amides is 1. The van der Waals surface area contributed by atoms with Gasteiger partial charge in [-0.15, -0.1) is 11.8 Å². The van der Waals surface area contributed by atoms with Crippen LogP contribution < -0.4 is 5.32 Å². The average molecular weight is 428 g/mol. The number of halogens is 2. The van der Waals surface area contributed by atoms with Gasteiger partial charge in [0.1, 0.15) is 5.82 Å². The molecule has 0 unspecified atom stereocenters. The van der Waals surface area contributed by atoms with E-state index in [2.05, 4.69) is 15.3 Å². The highest BCUT2D eigenvalue weighted by molar-refractivity contribution is 8.00. The Morgan fingerprint density at radius 2 is 1.82 bits per heavy atom. The number of thioether (sulfide) groups is 1. The van der Waals surface area contributed by atoms with Crippen molar-refractivity contribution in [1.29, 1.82) is 0 Å². The van der Waals surface area contributed by atoms with Gasteiger partial charge in [-0.25, -0.2) is 4.98 Å². The standard InChI is InChI=1S/C21H15Cl2N3OS/c22-14-6-8-15(9-7-14)28-12-20(27)24-19-11-13(5-10-16(19)23)21-25-17-3-1-2-4-18(17)26-21/h1-11H,12H2,(H,24,27)(H,25,26). The number of nitrogens with zero attached hydrogens (tertiary/aromatic N) is 1. The fraction of sp³-hybridized carbons (Fsp3) is 0.0476. The molecule has 0 atom stereocenters. The zero-order valence-corrected chi connectivity index (χ0v) is 16.9. The average Bonchev–Trinajstić information content (AvgIpc) is 3.13. The molecule has 7 heteroatoms. The van der Waals surface area contributed by atoms with Crippen LogP contribution in [0.4, 0.5) is 5.69 Å². The lowest BCUT2D eigenvalue weighted by Crippen LogP contribution is -2.14. The van der Waals surface area contributed by atoms with Gasteiger partial charge in [0.15, 0.2) is 0 Å². The summed E-state index contributed by atoms with van der Waals surface area (Å²) in [7, 11) is 0. The van der Waals surface area contributed by atoms with Crippen molar-refractivity contribution in [2.45, 2.75) is 4.90 Å². The molecule has 4 aromatic rings. The first-order valence-corrected chi connectivity index (χ1v) is 10.3. The number of hydrogen-bond donors (Lipinski definition) is 2. The summed E-state index contributed by atoms with van der Waals surface area (Å²) in [5.41, 5.74) is 3.25. The lowest BCUT2D eigenvalue weighted by atomic mass is 10.2. The number of carbonyl (C=O) groups is 1. The summed E-state index contributed by atoms with van der Waals surface area (Å²) >= 11 is 13.6. The third-order valence-corrected chi connectivity index (χ3v) is 5.68. The molecule has 3 aromatic carbocycles. The molecule has 2 N–H and O–H groups in total. The molecule has 0 aliphatic carbocycles. The molecule has 0 aliphatic rings. The van der Waals surface area contributed by atoms with Crippen molar-refractivity contribution >= 4 is 57.6 Å². The molecule has 1 heterocycles. The Kier molecular flexibility index (Phi) is 5.57. The molecule has 28 heavy (non-hydrogen) atoms. The van der Waals surface area contributed by atoms with Crippen LogP contribution in [0.5, 0.6) is 0 Å². The van der Waals surface area contributed by atoms with Crippen molar-refractivity contribution in [2.75, 3.05) is 11.1 Å². The molecule has 1 aromatic heterocycles. The van der Waals surface area contributed by atoms with Crippen LogP contribution in [0.1, 0.15) is 0 Å². The van der Waals surface area contributed by atoms with Gasteiger partial charge in [-0.3, -0.25) is 4.79 Å². The second kappa shape index (κ2) is 8.27. The molecule has 1 amide bonds. The Morgan fingerprint density at radius 1 is 1.04 bits per heavy atom. The monoisotopic (exact) mass is 427 g/mol. The highest BCUT2D eigenvalue weighted by Crippen LogP contribution is 2.29. The quantitative estimate of drug-likeness (QED) is 0.369. The third-order valence-electron chi connectivity index (χ3n) is 4.09. The Labute approximate surface area is 176 Å². The van der Waals surface area contributed by atoms with E-state index in [0.29, 0.717) is 15.7 Å². The van der Waals surface area contributed by atoms with Gasteiger partial charge >= 0.3 is 0 Å². The number of imidazole rings is 1. The van der Waals surface area contributed by atoms with Gasteiger partial charge in [0, 0.05) is 15.5 Å². The van der Waals surface area contributed by atoms with Crippen LogP contribution in [0.2, 0.25) is 10.0 Å². The first-order chi connectivity index (χ1) is 13.6. The third kappa shape index (κ3) is 4.33. The number of aromatic amines is 1. The van der Waals surface area contributed by atoms with E-state index in [9.17, 15) is 4.79 Å². The van der Waals surface area contributed by atoms with Gasteiger partial charge in [0.05, 0.1) is 27.5 Å². The SMILES string of the molecule is O=C(CSc1ccc(Cl)cc1)Nc1cc(-c2nc3ccccc3[nH]2)ccc1Cl. The number of rotatable bonds is 5. The first-order valence-electron chi connectivity index (χ1n) is 8.51. The lowest BCUT2D eigenvalue weighted by molar-refractivity contribution is -0.113. The van der Waals surface area contributed by atoms with E-state index in [1.807, 2.05) is 48.5 Å². The van der Waals surface area contributed by atoms with E-state index >= 15 is 0 Å². The Balaban J connectivity index is 1.49. The topological polar surface area (TPSA) is 57.8 Å². The van der Waals surface area contributed by atoms with Gasteiger partial charge < -0.3 is 10.3 Å². The molecule has 0 fully saturated rings. The van der Waals surface area contributed by atoms with Crippen LogP contribution in [0.3, 0.4) is 0 Å². The molecule has 0 bridgehead atoms. The Bertz CT molecular complexity index is 1110. The normalized spacial score (nSPS) is 10.9. The summed E-state index contributed by atoms with van der Waals surface area (Å²) in [6.45, 7) is 0. The van der Waals surface area contributed by atoms with Crippen LogP contribution in [0.25, 0.3) is 22.4 Å². The van der Waals surface area contributed by atoms with E-state index in [1.165, 1.54) is 11.8 Å². The summed E-state index contributed by atoms with van der Waals surface area (Å²) in [5, 5.41) is 4.02. The smallest absolute Gasteiger partial charge is 0.234 e. The predicted octanol–water partition coefficient (Wildman–Crippen LogP) is 6.27. The second-order valence-electron chi connectivity index (χ2n) is 6.09. The van der Waals surface area contributed by atoms with Crippen LogP contribution in [-0.4, -0.2) is 21.6 Å². The summed E-state index contributed by atoms with van der Waals surface area (Å²) in [6, 6.07) is 20.6. The minimum atomic E-state index is -0.136. The van der Waals surface area contributed by atoms with Crippen LogP contribution in [0.15, 0.2) is 71.6 Å². The van der Waals surface area contributed by atoms with Gasteiger partial charge in [-0.05, 0) is 54.6 Å². The van der Waals surface area contributed by atoms with E-state index in [4.69, 9.17) is 23.2 Å².